The van der Waals surface area contributed by atoms with Crippen molar-refractivity contribution < 1.29 is 13.9 Å². The summed E-state index contributed by atoms with van der Waals surface area (Å²) in [6, 6.07) is 11.8. The molecule has 2 N–H and O–H groups in total. The highest BCUT2D eigenvalue weighted by atomic mass is 19.1. The zero-order valence-corrected chi connectivity index (χ0v) is 11.9. The summed E-state index contributed by atoms with van der Waals surface area (Å²) in [6.45, 7) is 2.04. The van der Waals surface area contributed by atoms with Gasteiger partial charge in [0.1, 0.15) is 11.6 Å². The van der Waals surface area contributed by atoms with Gasteiger partial charge in [-0.2, -0.15) is 0 Å². The van der Waals surface area contributed by atoms with Crippen LogP contribution in [-0.4, -0.2) is 13.0 Å². The van der Waals surface area contributed by atoms with Crippen LogP contribution in [0.15, 0.2) is 42.5 Å². The van der Waals surface area contributed by atoms with E-state index in [1.165, 1.54) is 26.2 Å². The maximum absolute atomic E-state index is 13.1. The first-order valence-corrected chi connectivity index (χ1v) is 6.52. The summed E-state index contributed by atoms with van der Waals surface area (Å²) in [6.07, 6.45) is 0. The second kappa shape index (κ2) is 6.74. The van der Waals surface area contributed by atoms with Crippen molar-refractivity contribution in [1.29, 1.82) is 0 Å². The van der Waals surface area contributed by atoms with E-state index in [0.29, 0.717) is 12.3 Å². The monoisotopic (exact) mass is 288 g/mol. The van der Waals surface area contributed by atoms with Crippen molar-refractivity contribution in [2.45, 2.75) is 13.5 Å². The van der Waals surface area contributed by atoms with Gasteiger partial charge in [0.05, 0.1) is 12.8 Å². The molecule has 5 heteroatoms. The van der Waals surface area contributed by atoms with Crippen molar-refractivity contribution in [2.24, 2.45) is 0 Å². The third-order valence-corrected chi connectivity index (χ3v) is 2.92. The van der Waals surface area contributed by atoms with Crippen LogP contribution in [0.1, 0.15) is 12.5 Å². The Morgan fingerprint density at radius 3 is 2.52 bits per heavy atom. The number of carbonyl (C=O) groups excluding carboxylic acids is 1. The van der Waals surface area contributed by atoms with Crippen LogP contribution in [0.4, 0.5) is 15.8 Å². The predicted molar refractivity (Wildman–Crippen MR) is 81.0 cm³/mol. The van der Waals surface area contributed by atoms with Gasteiger partial charge in [-0.3, -0.25) is 4.79 Å². The molecule has 2 aromatic carbocycles. The lowest BCUT2D eigenvalue weighted by atomic mass is 10.2. The first kappa shape index (κ1) is 14.8. The van der Waals surface area contributed by atoms with Crippen molar-refractivity contribution in [2.75, 3.05) is 17.7 Å². The zero-order valence-electron chi connectivity index (χ0n) is 11.9. The van der Waals surface area contributed by atoms with Gasteiger partial charge < -0.3 is 15.4 Å². The molecule has 0 aliphatic rings. The largest absolute Gasteiger partial charge is 0.494 e. The number of nitrogens with one attached hydrogen (secondary N) is 2. The number of ether oxygens (including phenoxy) is 1. The molecule has 0 fully saturated rings. The molecule has 0 aliphatic carbocycles. The lowest BCUT2D eigenvalue weighted by Crippen LogP contribution is -2.06. The molecule has 0 spiro atoms. The van der Waals surface area contributed by atoms with Crippen molar-refractivity contribution >= 4 is 17.3 Å². The average Bonchev–Trinajstić information content (AvgIpc) is 2.46. The molecule has 21 heavy (non-hydrogen) atoms. The van der Waals surface area contributed by atoms with E-state index >= 15 is 0 Å². The maximum Gasteiger partial charge on any atom is 0.221 e. The molecule has 0 unspecified atom stereocenters. The minimum absolute atomic E-state index is 0.100. The Hall–Kier alpha value is -2.56. The molecule has 1 amide bonds. The molecule has 0 bridgehead atoms. The Morgan fingerprint density at radius 2 is 1.90 bits per heavy atom. The molecular weight excluding hydrogens is 271 g/mol. The van der Waals surface area contributed by atoms with Gasteiger partial charge in [-0.25, -0.2) is 4.39 Å². The van der Waals surface area contributed by atoms with Crippen molar-refractivity contribution in [3.63, 3.8) is 0 Å². The van der Waals surface area contributed by atoms with Gasteiger partial charge in [0.15, 0.2) is 0 Å². The fraction of sp³-hybridized carbons (Fsp3) is 0.188. The molecule has 110 valence electrons. The SMILES string of the molecule is COc1cc(F)ccc1NCc1ccc(NC(C)=O)cc1. The lowest BCUT2D eigenvalue weighted by molar-refractivity contribution is -0.114. The minimum Gasteiger partial charge on any atom is -0.494 e. The highest BCUT2D eigenvalue weighted by Crippen LogP contribution is 2.25. The maximum atomic E-state index is 13.1. The first-order chi connectivity index (χ1) is 10.1. The van der Waals surface area contributed by atoms with Crippen molar-refractivity contribution in [3.05, 3.63) is 53.8 Å². The average molecular weight is 288 g/mol. The molecule has 0 aromatic heterocycles. The van der Waals surface area contributed by atoms with Gasteiger partial charge >= 0.3 is 0 Å². The van der Waals surface area contributed by atoms with Crippen molar-refractivity contribution in [1.82, 2.24) is 0 Å². The normalized spacial score (nSPS) is 10.0. The Labute approximate surface area is 122 Å². The highest BCUT2D eigenvalue weighted by molar-refractivity contribution is 5.88. The number of halogens is 1. The van der Waals surface area contributed by atoms with Gasteiger partial charge in [-0.05, 0) is 29.8 Å². The van der Waals surface area contributed by atoms with Gasteiger partial charge in [0.25, 0.3) is 0 Å². The van der Waals surface area contributed by atoms with Crippen molar-refractivity contribution in [3.8, 4) is 5.75 Å². The third kappa shape index (κ3) is 4.21. The summed E-state index contributed by atoms with van der Waals surface area (Å²) in [5.41, 5.74) is 2.52. The standard InChI is InChI=1S/C16H17FN2O2/c1-11(20)19-14-6-3-12(4-7-14)10-18-15-8-5-13(17)9-16(15)21-2/h3-9,18H,10H2,1-2H3,(H,19,20). The Morgan fingerprint density at radius 1 is 1.19 bits per heavy atom. The Kier molecular flexibility index (Phi) is 4.77. The Bertz CT molecular complexity index is 627. The number of benzene rings is 2. The number of hydrogen-bond donors (Lipinski definition) is 2. The van der Waals surface area contributed by atoms with E-state index in [1.54, 1.807) is 6.07 Å². The van der Waals surface area contributed by atoms with Crippen LogP contribution in [-0.2, 0) is 11.3 Å². The number of anilines is 2. The summed E-state index contributed by atoms with van der Waals surface area (Å²) >= 11 is 0. The van der Waals surface area contributed by atoms with E-state index < -0.39 is 0 Å². The van der Waals surface area contributed by atoms with E-state index in [4.69, 9.17) is 4.74 Å². The van der Waals surface area contributed by atoms with E-state index in [9.17, 15) is 9.18 Å². The van der Waals surface area contributed by atoms with Crippen LogP contribution in [0.3, 0.4) is 0 Å². The fourth-order valence-electron chi connectivity index (χ4n) is 1.92. The molecule has 0 saturated heterocycles. The first-order valence-electron chi connectivity index (χ1n) is 6.52. The molecule has 0 atom stereocenters. The van der Waals surface area contributed by atoms with Gasteiger partial charge in [-0.1, -0.05) is 12.1 Å². The van der Waals surface area contributed by atoms with Crippen LogP contribution < -0.4 is 15.4 Å². The second-order valence-electron chi connectivity index (χ2n) is 4.58. The summed E-state index contributed by atoms with van der Waals surface area (Å²) in [5, 5.41) is 5.90. The Balaban J connectivity index is 2.01. The van der Waals surface area contributed by atoms with Crippen LogP contribution in [0.25, 0.3) is 0 Å². The molecule has 0 heterocycles. The topological polar surface area (TPSA) is 50.4 Å². The number of hydrogen-bond acceptors (Lipinski definition) is 3. The van der Waals surface area contributed by atoms with Crippen LogP contribution in [0.2, 0.25) is 0 Å². The summed E-state index contributed by atoms with van der Waals surface area (Å²) in [5.74, 6) is 0.0267. The number of rotatable bonds is 5. The third-order valence-electron chi connectivity index (χ3n) is 2.92. The second-order valence-corrected chi connectivity index (χ2v) is 4.58. The van der Waals surface area contributed by atoms with E-state index in [2.05, 4.69) is 10.6 Å². The smallest absolute Gasteiger partial charge is 0.221 e. The zero-order chi connectivity index (χ0) is 15.2. The van der Waals surface area contributed by atoms with Crippen LogP contribution in [0, 0.1) is 5.82 Å². The minimum atomic E-state index is -0.336. The number of carbonyl (C=O) groups is 1. The van der Waals surface area contributed by atoms with Crippen LogP contribution >= 0.6 is 0 Å². The fourth-order valence-corrected chi connectivity index (χ4v) is 1.92. The van der Waals surface area contributed by atoms with Gasteiger partial charge in [0, 0.05) is 25.2 Å². The molecular formula is C16H17FN2O2. The molecule has 2 rings (SSSR count). The number of methoxy groups -OCH3 is 1. The molecule has 0 saturated carbocycles. The number of amides is 1. The summed E-state index contributed by atoms with van der Waals surface area (Å²) < 4.78 is 18.2. The molecule has 0 radical (unpaired) electrons. The summed E-state index contributed by atoms with van der Waals surface area (Å²) in [7, 11) is 1.50. The van der Waals surface area contributed by atoms with E-state index in [1.807, 2.05) is 24.3 Å². The molecule has 2 aromatic rings. The highest BCUT2D eigenvalue weighted by Gasteiger charge is 2.04. The van der Waals surface area contributed by atoms with E-state index in [0.717, 1.165) is 16.9 Å². The summed E-state index contributed by atoms with van der Waals surface area (Å²) in [4.78, 5) is 10.9. The van der Waals surface area contributed by atoms with E-state index in [-0.39, 0.29) is 11.7 Å². The lowest BCUT2D eigenvalue weighted by Gasteiger charge is -2.11. The predicted octanol–water partition coefficient (Wildman–Crippen LogP) is 3.40. The van der Waals surface area contributed by atoms with Gasteiger partial charge in [-0.15, -0.1) is 0 Å². The van der Waals surface area contributed by atoms with Crippen LogP contribution in [0.5, 0.6) is 5.75 Å². The quantitative estimate of drug-likeness (QED) is 0.886. The molecule has 0 aliphatic heterocycles. The van der Waals surface area contributed by atoms with Gasteiger partial charge in [0.2, 0.25) is 5.91 Å². The molecule has 4 nitrogen and oxygen atoms in total.